The predicted molar refractivity (Wildman–Crippen MR) is 177 cm³/mol. The molecule has 0 aliphatic carbocycles. The van der Waals surface area contributed by atoms with Crippen LogP contribution in [0.3, 0.4) is 0 Å². The van der Waals surface area contributed by atoms with Crippen molar-refractivity contribution in [3.63, 3.8) is 0 Å². The number of nitrogens with zero attached hydrogens (tertiary/aromatic N) is 2. The van der Waals surface area contributed by atoms with Gasteiger partial charge in [-0.2, -0.15) is 4.31 Å². The van der Waals surface area contributed by atoms with Gasteiger partial charge in [0, 0.05) is 44.4 Å². The first kappa shape index (κ1) is 37.1. The highest BCUT2D eigenvalue weighted by atomic mass is 32.2. The lowest BCUT2D eigenvalue weighted by Crippen LogP contribution is -2.48. The van der Waals surface area contributed by atoms with Crippen LogP contribution in [0.2, 0.25) is 0 Å². The van der Waals surface area contributed by atoms with Crippen molar-refractivity contribution in [3.05, 3.63) is 48.0 Å². The van der Waals surface area contributed by atoms with E-state index in [2.05, 4.69) is 10.6 Å². The van der Waals surface area contributed by atoms with Crippen molar-refractivity contribution >= 4 is 27.6 Å². The van der Waals surface area contributed by atoms with E-state index in [1.807, 2.05) is 27.7 Å². The molecule has 3 amide bonds. The predicted octanol–water partition coefficient (Wildman–Crippen LogP) is 4.34. The summed E-state index contributed by atoms with van der Waals surface area (Å²) in [7, 11) is -0.813. The van der Waals surface area contributed by atoms with Gasteiger partial charge in [0.2, 0.25) is 10.0 Å². The molecule has 4 atom stereocenters. The fourth-order valence-electron chi connectivity index (χ4n) is 5.17. The molecule has 46 heavy (non-hydrogen) atoms. The van der Waals surface area contributed by atoms with Gasteiger partial charge in [-0.15, -0.1) is 0 Å². The van der Waals surface area contributed by atoms with Gasteiger partial charge in [0.1, 0.15) is 11.5 Å². The zero-order valence-corrected chi connectivity index (χ0v) is 28.8. The molecule has 0 fully saturated rings. The number of aliphatic hydroxyl groups excluding tert-OH is 1. The Morgan fingerprint density at radius 3 is 2.46 bits per heavy atom. The molecular formula is C33H50N4O8S. The second-order valence-corrected chi connectivity index (χ2v) is 14.3. The number of amides is 3. The van der Waals surface area contributed by atoms with Crippen LogP contribution in [-0.2, 0) is 14.8 Å². The molecule has 0 spiro atoms. The second-order valence-electron chi connectivity index (χ2n) is 12.2. The number of carbonyl (C=O) groups is 2. The van der Waals surface area contributed by atoms with E-state index >= 15 is 0 Å². The van der Waals surface area contributed by atoms with Crippen LogP contribution in [0, 0.1) is 5.92 Å². The van der Waals surface area contributed by atoms with E-state index in [1.165, 1.54) is 30.6 Å². The third kappa shape index (κ3) is 10.1. The van der Waals surface area contributed by atoms with E-state index in [0.717, 1.165) is 12.8 Å². The average molecular weight is 663 g/mol. The molecule has 0 saturated heterocycles. The van der Waals surface area contributed by atoms with Crippen molar-refractivity contribution in [2.75, 3.05) is 45.8 Å². The van der Waals surface area contributed by atoms with E-state index < -0.39 is 34.1 Å². The Balaban J connectivity index is 1.95. The molecule has 3 N–H and O–H groups in total. The van der Waals surface area contributed by atoms with E-state index in [4.69, 9.17) is 14.2 Å². The first-order valence-electron chi connectivity index (χ1n) is 15.8. The van der Waals surface area contributed by atoms with E-state index in [-0.39, 0.29) is 48.2 Å². The number of anilines is 1. The van der Waals surface area contributed by atoms with Crippen molar-refractivity contribution in [1.82, 2.24) is 14.5 Å². The molecule has 1 aliphatic rings. The SMILES string of the molecule is COc1ccc(S(=O)(=O)N(C)C[C@H]2OCCCC[C@H](C)Oc3ccc(NC(=O)NC(C)C)cc3C(=O)N([C@@H](C)CO)C[C@@H]2C)cc1. The average Bonchev–Trinajstić information content (AvgIpc) is 3.01. The maximum Gasteiger partial charge on any atom is 0.319 e. The molecule has 2 aromatic rings. The number of benzene rings is 2. The van der Waals surface area contributed by atoms with Crippen molar-refractivity contribution in [2.45, 2.75) is 83.1 Å². The fraction of sp³-hybridized carbons (Fsp3) is 0.576. The zero-order chi connectivity index (χ0) is 34.0. The van der Waals surface area contributed by atoms with Gasteiger partial charge in [-0.3, -0.25) is 4.79 Å². The summed E-state index contributed by atoms with van der Waals surface area (Å²) < 4.78 is 45.9. The van der Waals surface area contributed by atoms with Gasteiger partial charge >= 0.3 is 6.03 Å². The van der Waals surface area contributed by atoms with Crippen LogP contribution in [-0.4, -0.2) is 99.4 Å². The molecule has 0 bridgehead atoms. The van der Waals surface area contributed by atoms with Crippen LogP contribution in [0.5, 0.6) is 11.5 Å². The highest BCUT2D eigenvalue weighted by molar-refractivity contribution is 7.89. The Labute approximate surface area is 273 Å². The molecule has 1 aliphatic heterocycles. The molecular weight excluding hydrogens is 612 g/mol. The normalized spacial score (nSPS) is 20.8. The minimum atomic E-state index is -3.84. The first-order valence-corrected chi connectivity index (χ1v) is 17.2. The van der Waals surface area contributed by atoms with Crippen LogP contribution in [0.4, 0.5) is 10.5 Å². The molecule has 0 radical (unpaired) electrons. The lowest BCUT2D eigenvalue weighted by Gasteiger charge is -2.35. The van der Waals surface area contributed by atoms with Gasteiger partial charge in [-0.05, 0) is 89.4 Å². The summed E-state index contributed by atoms with van der Waals surface area (Å²) in [6, 6.07) is 10.1. The molecule has 13 heteroatoms. The number of hydrogen-bond donors (Lipinski definition) is 3. The maximum atomic E-state index is 14.2. The van der Waals surface area contributed by atoms with Crippen LogP contribution in [0.1, 0.15) is 64.2 Å². The number of sulfonamides is 1. The molecule has 12 nitrogen and oxygen atoms in total. The van der Waals surface area contributed by atoms with Crippen LogP contribution in [0.15, 0.2) is 47.4 Å². The van der Waals surface area contributed by atoms with Gasteiger partial charge in [0.25, 0.3) is 5.91 Å². The molecule has 1 heterocycles. The third-order valence-electron chi connectivity index (χ3n) is 7.93. The van der Waals surface area contributed by atoms with Crippen LogP contribution >= 0.6 is 0 Å². The number of hydrogen-bond acceptors (Lipinski definition) is 8. The smallest absolute Gasteiger partial charge is 0.319 e. The molecule has 3 rings (SSSR count). The Hall–Kier alpha value is -3.39. The standard InChI is InChI=1S/C33H50N4O8S/c1-22(2)34-33(40)35-26-11-16-30-29(18-26)32(39)37(24(4)21-38)19-23(3)31(44-17-9-8-10-25(5)45-30)20-36(6)46(41,42)28-14-12-27(43-7)13-15-28/h11-16,18,22-25,31,38H,8-10,17,19-21H2,1-7H3,(H2,34,35,40)/t23-,24-,25-,31+/m0/s1. The van der Waals surface area contributed by atoms with Gasteiger partial charge in [-0.25, -0.2) is 13.2 Å². The summed E-state index contributed by atoms with van der Waals surface area (Å²) in [6.45, 7) is 9.61. The summed E-state index contributed by atoms with van der Waals surface area (Å²) in [5.74, 6) is 0.218. The Kier molecular flexibility index (Phi) is 13.7. The molecule has 256 valence electrons. The minimum Gasteiger partial charge on any atom is -0.497 e. The van der Waals surface area contributed by atoms with Crippen LogP contribution in [0.25, 0.3) is 0 Å². The summed E-state index contributed by atoms with van der Waals surface area (Å²) >= 11 is 0. The number of urea groups is 1. The number of ether oxygens (including phenoxy) is 3. The number of fused-ring (bicyclic) bond motifs is 1. The first-order chi connectivity index (χ1) is 21.8. The number of methoxy groups -OCH3 is 1. The van der Waals surface area contributed by atoms with Crippen molar-refractivity contribution < 1.29 is 37.3 Å². The number of likely N-dealkylation sites (N-methyl/N-ethyl adjacent to an activating group) is 1. The molecule has 0 saturated carbocycles. The third-order valence-corrected chi connectivity index (χ3v) is 9.77. The Morgan fingerprint density at radius 2 is 1.83 bits per heavy atom. The largest absolute Gasteiger partial charge is 0.497 e. The highest BCUT2D eigenvalue weighted by Crippen LogP contribution is 2.29. The van der Waals surface area contributed by atoms with Crippen LogP contribution < -0.4 is 20.1 Å². The topological polar surface area (TPSA) is 147 Å². The van der Waals surface area contributed by atoms with E-state index in [1.54, 1.807) is 42.2 Å². The van der Waals surface area contributed by atoms with Crippen molar-refractivity contribution in [3.8, 4) is 11.5 Å². The number of aliphatic hydroxyl groups is 1. The lowest BCUT2D eigenvalue weighted by molar-refractivity contribution is -0.00834. The van der Waals surface area contributed by atoms with Crippen molar-refractivity contribution in [2.24, 2.45) is 5.92 Å². The quantitative estimate of drug-likeness (QED) is 0.360. The summed E-state index contributed by atoms with van der Waals surface area (Å²) in [4.78, 5) is 28.4. The zero-order valence-electron chi connectivity index (χ0n) is 28.0. The van der Waals surface area contributed by atoms with Gasteiger partial charge in [0.15, 0.2) is 0 Å². The number of carbonyl (C=O) groups excluding carboxylic acids is 2. The second kappa shape index (κ2) is 17.0. The van der Waals surface area contributed by atoms with E-state index in [9.17, 15) is 23.1 Å². The van der Waals surface area contributed by atoms with Gasteiger partial charge in [0.05, 0.1) is 42.4 Å². The monoisotopic (exact) mass is 662 g/mol. The number of rotatable bonds is 9. The minimum absolute atomic E-state index is 0.0558. The summed E-state index contributed by atoms with van der Waals surface area (Å²) in [6.07, 6.45) is 1.48. The Morgan fingerprint density at radius 1 is 1.13 bits per heavy atom. The summed E-state index contributed by atoms with van der Waals surface area (Å²) in [5.41, 5.74) is 0.661. The number of nitrogens with one attached hydrogen (secondary N) is 2. The van der Waals surface area contributed by atoms with Crippen molar-refractivity contribution in [1.29, 1.82) is 0 Å². The molecule has 0 unspecified atom stereocenters. The maximum absolute atomic E-state index is 14.2. The van der Waals surface area contributed by atoms with Gasteiger partial charge in [-0.1, -0.05) is 6.92 Å². The van der Waals surface area contributed by atoms with Gasteiger partial charge < -0.3 is 34.9 Å². The Bertz CT molecular complexity index is 1400. The molecule has 0 aromatic heterocycles. The highest BCUT2D eigenvalue weighted by Gasteiger charge is 2.32. The lowest BCUT2D eigenvalue weighted by atomic mass is 10.0. The van der Waals surface area contributed by atoms with E-state index in [0.29, 0.717) is 30.2 Å². The fourth-order valence-corrected chi connectivity index (χ4v) is 6.35. The summed E-state index contributed by atoms with van der Waals surface area (Å²) in [5, 5.41) is 15.7. The molecule has 2 aromatic carbocycles.